The first-order valence-electron chi connectivity index (χ1n) is 5.49. The monoisotopic (exact) mass is 320 g/mol. The molecule has 0 saturated carbocycles. The Morgan fingerprint density at radius 1 is 1.16 bits per heavy atom. The minimum atomic E-state index is 0.354. The van der Waals surface area contributed by atoms with Gasteiger partial charge >= 0.3 is 0 Å². The van der Waals surface area contributed by atoms with Crippen molar-refractivity contribution in [1.29, 1.82) is 0 Å². The number of ether oxygens (including phenoxy) is 1. The van der Waals surface area contributed by atoms with E-state index in [1.54, 1.807) is 25.5 Å². The van der Waals surface area contributed by atoms with Crippen molar-refractivity contribution in [2.45, 2.75) is 0 Å². The van der Waals surface area contributed by atoms with Crippen molar-refractivity contribution in [3.8, 4) is 28.9 Å². The van der Waals surface area contributed by atoms with E-state index in [1.165, 1.54) is 0 Å². The van der Waals surface area contributed by atoms with Gasteiger partial charge in [0.05, 0.1) is 17.8 Å². The molecule has 0 radical (unpaired) electrons. The van der Waals surface area contributed by atoms with E-state index >= 15 is 0 Å². The first-order chi connectivity index (χ1) is 9.28. The minimum absolute atomic E-state index is 0.354. The predicted octanol–water partition coefficient (Wildman–Crippen LogP) is 3.77. The van der Waals surface area contributed by atoms with Crippen LogP contribution < -0.4 is 4.74 Å². The maximum Gasteiger partial charge on any atom is 0.283 e. The van der Waals surface area contributed by atoms with Gasteiger partial charge in [-0.25, -0.2) is 0 Å². The van der Waals surface area contributed by atoms with Gasteiger partial charge in [-0.1, -0.05) is 0 Å². The number of halogens is 1. The molecule has 0 amide bonds. The molecule has 2 heterocycles. The van der Waals surface area contributed by atoms with Gasteiger partial charge < -0.3 is 13.6 Å². The molecular formula is C13H9BrN2O3. The molecule has 5 nitrogen and oxygen atoms in total. The summed E-state index contributed by atoms with van der Waals surface area (Å²) in [5, 5.41) is 7.95. The SMILES string of the molecule is COc1ccc(-c2nnc(-c3ccco3)o2)cc1Br. The van der Waals surface area contributed by atoms with E-state index < -0.39 is 0 Å². The van der Waals surface area contributed by atoms with E-state index in [9.17, 15) is 0 Å². The number of rotatable bonds is 3. The summed E-state index contributed by atoms with van der Waals surface area (Å²) >= 11 is 3.42. The van der Waals surface area contributed by atoms with Crippen LogP contribution >= 0.6 is 15.9 Å². The smallest absolute Gasteiger partial charge is 0.283 e. The summed E-state index contributed by atoms with van der Waals surface area (Å²) in [5.41, 5.74) is 0.804. The Balaban J connectivity index is 1.97. The average molecular weight is 321 g/mol. The van der Waals surface area contributed by atoms with Gasteiger partial charge in [-0.3, -0.25) is 0 Å². The molecule has 0 aliphatic carbocycles. The lowest BCUT2D eigenvalue weighted by Gasteiger charge is -2.03. The zero-order chi connectivity index (χ0) is 13.2. The van der Waals surface area contributed by atoms with Crippen LogP contribution in [0.1, 0.15) is 0 Å². The molecule has 0 fully saturated rings. The first kappa shape index (κ1) is 12.0. The largest absolute Gasteiger partial charge is 0.496 e. The highest BCUT2D eigenvalue weighted by Gasteiger charge is 2.13. The van der Waals surface area contributed by atoms with E-state index in [1.807, 2.05) is 18.2 Å². The van der Waals surface area contributed by atoms with Gasteiger partial charge in [0, 0.05) is 5.56 Å². The standard InChI is InChI=1S/C13H9BrN2O3/c1-17-10-5-4-8(7-9(10)14)12-15-16-13(19-12)11-3-2-6-18-11/h2-7H,1H3. The highest BCUT2D eigenvalue weighted by molar-refractivity contribution is 9.10. The summed E-state index contributed by atoms with van der Waals surface area (Å²) < 4.78 is 16.8. The molecule has 0 N–H and O–H groups in total. The molecular weight excluding hydrogens is 312 g/mol. The van der Waals surface area contributed by atoms with Gasteiger partial charge in [0.25, 0.3) is 5.89 Å². The van der Waals surface area contributed by atoms with Crippen LogP contribution in [-0.4, -0.2) is 17.3 Å². The Morgan fingerprint density at radius 3 is 2.68 bits per heavy atom. The van der Waals surface area contributed by atoms with E-state index in [0.717, 1.165) is 15.8 Å². The maximum absolute atomic E-state index is 5.56. The summed E-state index contributed by atoms with van der Waals surface area (Å²) in [6.45, 7) is 0. The predicted molar refractivity (Wildman–Crippen MR) is 71.7 cm³/mol. The van der Waals surface area contributed by atoms with E-state index in [0.29, 0.717) is 17.5 Å². The second kappa shape index (κ2) is 4.89. The number of aromatic nitrogens is 2. The molecule has 0 aliphatic heterocycles. The Hall–Kier alpha value is -2.08. The van der Waals surface area contributed by atoms with Gasteiger partial charge in [-0.15, -0.1) is 10.2 Å². The zero-order valence-corrected chi connectivity index (χ0v) is 11.5. The van der Waals surface area contributed by atoms with Crippen molar-refractivity contribution in [3.63, 3.8) is 0 Å². The molecule has 3 aromatic rings. The van der Waals surface area contributed by atoms with Crippen LogP contribution in [-0.2, 0) is 0 Å². The maximum atomic E-state index is 5.56. The van der Waals surface area contributed by atoms with Crippen molar-refractivity contribution in [2.24, 2.45) is 0 Å². The third-order valence-electron chi connectivity index (χ3n) is 2.56. The zero-order valence-electron chi connectivity index (χ0n) is 9.96. The van der Waals surface area contributed by atoms with Crippen LogP contribution in [0.2, 0.25) is 0 Å². The molecule has 0 atom stereocenters. The molecule has 0 spiro atoms. The van der Waals surface area contributed by atoms with Gasteiger partial charge in [0.1, 0.15) is 5.75 Å². The number of hydrogen-bond acceptors (Lipinski definition) is 5. The molecule has 2 aromatic heterocycles. The number of nitrogens with zero attached hydrogens (tertiary/aromatic N) is 2. The van der Waals surface area contributed by atoms with Crippen molar-refractivity contribution >= 4 is 15.9 Å². The third kappa shape index (κ3) is 2.26. The molecule has 6 heteroatoms. The highest BCUT2D eigenvalue weighted by Crippen LogP contribution is 2.31. The lowest BCUT2D eigenvalue weighted by molar-refractivity contribution is 0.412. The number of furan rings is 1. The number of methoxy groups -OCH3 is 1. The lowest BCUT2D eigenvalue weighted by atomic mass is 10.2. The Bertz CT molecular complexity index is 692. The van der Waals surface area contributed by atoms with Crippen LogP contribution in [0.5, 0.6) is 5.75 Å². The van der Waals surface area contributed by atoms with Crippen molar-refractivity contribution in [1.82, 2.24) is 10.2 Å². The van der Waals surface area contributed by atoms with Crippen molar-refractivity contribution in [3.05, 3.63) is 41.1 Å². The Kier molecular flexibility index (Phi) is 3.08. The minimum Gasteiger partial charge on any atom is -0.496 e. The second-order valence-electron chi connectivity index (χ2n) is 3.74. The highest BCUT2D eigenvalue weighted by atomic mass is 79.9. The summed E-state index contributed by atoms with van der Waals surface area (Å²) in [4.78, 5) is 0. The second-order valence-corrected chi connectivity index (χ2v) is 4.59. The van der Waals surface area contributed by atoms with Crippen molar-refractivity contribution < 1.29 is 13.6 Å². The fraction of sp³-hybridized carbons (Fsp3) is 0.0769. The summed E-state index contributed by atoms with van der Waals surface area (Å²) in [7, 11) is 1.61. The molecule has 3 rings (SSSR count). The van der Waals surface area contributed by atoms with Gasteiger partial charge in [0.15, 0.2) is 5.76 Å². The molecule has 96 valence electrons. The first-order valence-corrected chi connectivity index (χ1v) is 6.28. The van der Waals surface area contributed by atoms with Crippen LogP contribution in [0.15, 0.2) is 49.9 Å². The quantitative estimate of drug-likeness (QED) is 0.735. The van der Waals surface area contributed by atoms with Crippen molar-refractivity contribution in [2.75, 3.05) is 7.11 Å². The Morgan fingerprint density at radius 2 is 2.00 bits per heavy atom. The van der Waals surface area contributed by atoms with E-state index in [4.69, 9.17) is 13.6 Å². The molecule has 1 aromatic carbocycles. The fourth-order valence-corrected chi connectivity index (χ4v) is 2.18. The van der Waals surface area contributed by atoms with Crippen LogP contribution in [0.25, 0.3) is 23.1 Å². The summed E-state index contributed by atoms with van der Waals surface area (Å²) in [6, 6.07) is 9.07. The molecule has 0 bridgehead atoms. The van der Waals surface area contributed by atoms with Gasteiger partial charge in [0.2, 0.25) is 5.89 Å². The molecule has 19 heavy (non-hydrogen) atoms. The van der Waals surface area contributed by atoms with Gasteiger partial charge in [-0.05, 0) is 46.3 Å². The topological polar surface area (TPSA) is 61.3 Å². The number of benzene rings is 1. The average Bonchev–Trinajstić information content (AvgIpc) is 3.09. The van der Waals surface area contributed by atoms with Crippen LogP contribution in [0.4, 0.5) is 0 Å². The normalized spacial score (nSPS) is 10.6. The number of hydrogen-bond donors (Lipinski definition) is 0. The fourth-order valence-electron chi connectivity index (χ4n) is 1.64. The van der Waals surface area contributed by atoms with Crippen LogP contribution in [0, 0.1) is 0 Å². The van der Waals surface area contributed by atoms with E-state index in [2.05, 4.69) is 26.1 Å². The van der Waals surface area contributed by atoms with Crippen LogP contribution in [0.3, 0.4) is 0 Å². The van der Waals surface area contributed by atoms with E-state index in [-0.39, 0.29) is 0 Å². The summed E-state index contributed by atoms with van der Waals surface area (Å²) in [5.74, 6) is 2.07. The Labute approximate surface area is 117 Å². The third-order valence-corrected chi connectivity index (χ3v) is 3.18. The van der Waals surface area contributed by atoms with Gasteiger partial charge in [-0.2, -0.15) is 0 Å². The summed E-state index contributed by atoms with van der Waals surface area (Å²) in [6.07, 6.45) is 1.56. The lowest BCUT2D eigenvalue weighted by Crippen LogP contribution is -1.85. The molecule has 0 saturated heterocycles. The molecule has 0 aliphatic rings. The molecule has 0 unspecified atom stereocenters.